The number of carboxylic acid groups (broad SMARTS) is 1. The van der Waals surface area contributed by atoms with Gasteiger partial charge in [0.2, 0.25) is 0 Å². The molecule has 1 aromatic carbocycles. The Morgan fingerprint density at radius 1 is 1.29 bits per heavy atom. The number of rotatable bonds is 5. The average molecular weight is 288 g/mol. The minimum Gasteiger partial charge on any atom is -0.478 e. The molecule has 0 aliphatic rings. The predicted molar refractivity (Wildman–Crippen MR) is 77.7 cm³/mol. The van der Waals surface area contributed by atoms with Crippen molar-refractivity contribution in [2.75, 3.05) is 0 Å². The minimum atomic E-state index is -0.943. The first-order valence-corrected chi connectivity index (χ1v) is 6.55. The van der Waals surface area contributed by atoms with Crippen LogP contribution >= 0.6 is 0 Å². The molecule has 0 aliphatic heterocycles. The summed E-state index contributed by atoms with van der Waals surface area (Å²) in [4.78, 5) is 21.4. The maximum absolute atomic E-state index is 11.2. The summed E-state index contributed by atoms with van der Waals surface area (Å²) >= 11 is 0. The first kappa shape index (κ1) is 14.8. The molecule has 6 nitrogen and oxygen atoms in total. The zero-order valence-corrected chi connectivity index (χ0v) is 11.8. The van der Waals surface area contributed by atoms with Gasteiger partial charge in [0.25, 0.3) is 5.69 Å². The Hall–Kier alpha value is -2.63. The molecular weight excluding hydrogens is 272 g/mol. The molecule has 1 N–H and O–H groups in total. The number of benzene rings is 1. The summed E-state index contributed by atoms with van der Waals surface area (Å²) in [5.74, 6) is -0.870. The van der Waals surface area contributed by atoms with E-state index >= 15 is 0 Å². The summed E-state index contributed by atoms with van der Waals surface area (Å²) in [5.41, 5.74) is 1.98. The van der Waals surface area contributed by atoms with E-state index in [0.29, 0.717) is 12.1 Å². The molecule has 1 aromatic heterocycles. The molecule has 2 rings (SSSR count). The van der Waals surface area contributed by atoms with Crippen molar-refractivity contribution in [2.45, 2.75) is 26.3 Å². The number of non-ortho nitro benzene ring substituents is 1. The van der Waals surface area contributed by atoms with E-state index in [1.54, 1.807) is 24.4 Å². The van der Waals surface area contributed by atoms with Crippen LogP contribution < -0.4 is 0 Å². The molecule has 0 unspecified atom stereocenters. The lowest BCUT2D eigenvalue weighted by molar-refractivity contribution is -0.384. The lowest BCUT2D eigenvalue weighted by Gasteiger charge is -2.13. The Labute approximate surface area is 121 Å². The maximum Gasteiger partial charge on any atom is 0.337 e. The number of nitro groups is 1. The van der Waals surface area contributed by atoms with Crippen LogP contribution in [0.4, 0.5) is 5.69 Å². The Morgan fingerprint density at radius 2 is 1.90 bits per heavy atom. The van der Waals surface area contributed by atoms with Gasteiger partial charge in [0.15, 0.2) is 0 Å². The molecule has 0 radical (unpaired) electrons. The Balaban J connectivity index is 2.31. The number of carboxylic acids is 1. The highest BCUT2D eigenvalue weighted by atomic mass is 16.6. The quantitative estimate of drug-likeness (QED) is 0.676. The van der Waals surface area contributed by atoms with Crippen molar-refractivity contribution in [1.29, 1.82) is 0 Å². The van der Waals surface area contributed by atoms with Crippen molar-refractivity contribution in [3.05, 3.63) is 63.5 Å². The van der Waals surface area contributed by atoms with Crippen LogP contribution in [0, 0.1) is 10.1 Å². The fourth-order valence-electron chi connectivity index (χ4n) is 2.37. The van der Waals surface area contributed by atoms with Crippen molar-refractivity contribution < 1.29 is 14.8 Å². The molecule has 0 spiro atoms. The van der Waals surface area contributed by atoms with Crippen LogP contribution in [0.15, 0.2) is 36.5 Å². The van der Waals surface area contributed by atoms with Crippen LogP contribution in [0.3, 0.4) is 0 Å². The van der Waals surface area contributed by atoms with Crippen LogP contribution in [0.1, 0.15) is 41.4 Å². The van der Waals surface area contributed by atoms with E-state index in [1.165, 1.54) is 12.1 Å². The van der Waals surface area contributed by atoms with Crippen molar-refractivity contribution in [3.8, 4) is 0 Å². The van der Waals surface area contributed by atoms with Crippen molar-refractivity contribution >= 4 is 11.7 Å². The van der Waals surface area contributed by atoms with Gasteiger partial charge in [-0.05, 0) is 17.5 Å². The summed E-state index contributed by atoms with van der Waals surface area (Å²) in [6.07, 6.45) is 1.74. The average Bonchev–Trinajstić information content (AvgIpc) is 2.83. The van der Waals surface area contributed by atoms with Crippen molar-refractivity contribution in [2.24, 2.45) is 0 Å². The third-order valence-electron chi connectivity index (χ3n) is 3.28. The van der Waals surface area contributed by atoms with Gasteiger partial charge in [-0.1, -0.05) is 26.0 Å². The summed E-state index contributed by atoms with van der Waals surface area (Å²) in [6.45, 7) is 4.36. The van der Waals surface area contributed by atoms with Gasteiger partial charge in [-0.3, -0.25) is 10.1 Å². The van der Waals surface area contributed by atoms with Crippen LogP contribution in [0.2, 0.25) is 0 Å². The lowest BCUT2D eigenvalue weighted by Crippen LogP contribution is -2.09. The fourth-order valence-corrected chi connectivity index (χ4v) is 2.37. The molecule has 0 saturated heterocycles. The van der Waals surface area contributed by atoms with Crippen molar-refractivity contribution in [3.63, 3.8) is 0 Å². The highest BCUT2D eigenvalue weighted by Crippen LogP contribution is 2.23. The second-order valence-electron chi connectivity index (χ2n) is 5.13. The predicted octanol–water partition coefficient (Wildman–Crippen LogP) is 3.27. The molecule has 0 bridgehead atoms. The van der Waals surface area contributed by atoms with Gasteiger partial charge in [0.1, 0.15) is 0 Å². The minimum absolute atomic E-state index is 0.0431. The van der Waals surface area contributed by atoms with Gasteiger partial charge in [0, 0.05) is 30.6 Å². The molecule has 0 fully saturated rings. The Kier molecular flexibility index (Phi) is 4.07. The second kappa shape index (κ2) is 5.78. The van der Waals surface area contributed by atoms with Gasteiger partial charge >= 0.3 is 5.97 Å². The number of carbonyl (C=O) groups is 1. The number of hydrogen-bond donors (Lipinski definition) is 1. The molecule has 21 heavy (non-hydrogen) atoms. The molecule has 0 atom stereocenters. The zero-order valence-electron chi connectivity index (χ0n) is 11.8. The van der Waals surface area contributed by atoms with Gasteiger partial charge in [-0.25, -0.2) is 4.79 Å². The molecule has 0 amide bonds. The SMILES string of the molecule is CC(C)c1c(C(=O)O)ccn1Cc1ccc([N+](=O)[O-])cc1. The summed E-state index contributed by atoms with van der Waals surface area (Å²) < 4.78 is 1.87. The summed E-state index contributed by atoms with van der Waals surface area (Å²) in [5, 5.41) is 19.8. The van der Waals surface area contributed by atoms with Crippen LogP contribution in [0.5, 0.6) is 0 Å². The number of aromatic nitrogens is 1. The topological polar surface area (TPSA) is 85.4 Å². The van der Waals surface area contributed by atoms with Crippen LogP contribution in [-0.2, 0) is 6.54 Å². The van der Waals surface area contributed by atoms with E-state index in [1.807, 2.05) is 18.4 Å². The third-order valence-corrected chi connectivity index (χ3v) is 3.28. The smallest absolute Gasteiger partial charge is 0.337 e. The maximum atomic E-state index is 11.2. The van der Waals surface area contributed by atoms with E-state index in [2.05, 4.69) is 0 Å². The molecule has 6 heteroatoms. The van der Waals surface area contributed by atoms with Crippen LogP contribution in [-0.4, -0.2) is 20.6 Å². The summed E-state index contributed by atoms with van der Waals surface area (Å²) in [7, 11) is 0. The van der Waals surface area contributed by atoms with Crippen LogP contribution in [0.25, 0.3) is 0 Å². The largest absolute Gasteiger partial charge is 0.478 e. The molecule has 110 valence electrons. The van der Waals surface area contributed by atoms with E-state index in [9.17, 15) is 20.0 Å². The molecule has 0 aliphatic carbocycles. The van der Waals surface area contributed by atoms with E-state index < -0.39 is 10.9 Å². The Morgan fingerprint density at radius 3 is 2.38 bits per heavy atom. The highest BCUT2D eigenvalue weighted by Gasteiger charge is 2.18. The zero-order chi connectivity index (χ0) is 15.6. The standard InChI is InChI=1S/C15H16N2O4/c1-10(2)14-13(15(18)19)7-8-16(14)9-11-3-5-12(6-4-11)17(20)21/h3-8,10H,9H2,1-2H3,(H,18,19). The van der Waals surface area contributed by atoms with Gasteiger partial charge in [-0.2, -0.15) is 0 Å². The number of hydrogen-bond acceptors (Lipinski definition) is 3. The molecule has 2 aromatic rings. The number of aromatic carboxylic acids is 1. The first-order valence-electron chi connectivity index (χ1n) is 6.55. The monoisotopic (exact) mass is 288 g/mol. The number of nitrogens with zero attached hydrogens (tertiary/aromatic N) is 2. The lowest BCUT2D eigenvalue weighted by atomic mass is 10.1. The van der Waals surface area contributed by atoms with E-state index in [4.69, 9.17) is 0 Å². The fraction of sp³-hybridized carbons (Fsp3) is 0.267. The van der Waals surface area contributed by atoms with E-state index in [-0.39, 0.29) is 11.6 Å². The van der Waals surface area contributed by atoms with Gasteiger partial charge < -0.3 is 9.67 Å². The van der Waals surface area contributed by atoms with Gasteiger partial charge in [-0.15, -0.1) is 0 Å². The molecule has 1 heterocycles. The normalized spacial score (nSPS) is 10.8. The molecular formula is C15H16N2O4. The highest BCUT2D eigenvalue weighted by molar-refractivity contribution is 5.89. The second-order valence-corrected chi connectivity index (χ2v) is 5.13. The van der Waals surface area contributed by atoms with Gasteiger partial charge in [0.05, 0.1) is 10.5 Å². The molecule has 0 saturated carbocycles. The first-order chi connectivity index (χ1) is 9.90. The van der Waals surface area contributed by atoms with E-state index in [0.717, 1.165) is 11.3 Å². The Bertz CT molecular complexity index is 671. The summed E-state index contributed by atoms with van der Waals surface area (Å²) in [6, 6.07) is 7.85. The third kappa shape index (κ3) is 3.10. The van der Waals surface area contributed by atoms with Crippen molar-refractivity contribution in [1.82, 2.24) is 4.57 Å². The number of nitro benzene ring substituents is 1.